The molecular weight excluding hydrogens is 446 g/mol. The van der Waals surface area contributed by atoms with Crippen molar-refractivity contribution in [2.75, 3.05) is 19.5 Å². The molecular formula is C24H22ClN3O3S. The number of aromatic nitrogens is 1. The molecule has 1 N–H and O–H groups in total. The van der Waals surface area contributed by atoms with Crippen molar-refractivity contribution in [3.8, 4) is 17.6 Å². The normalized spacial score (nSPS) is 11.4. The zero-order valence-electron chi connectivity index (χ0n) is 18.1. The maximum absolute atomic E-state index is 13.4. The van der Waals surface area contributed by atoms with E-state index < -0.39 is 5.25 Å². The van der Waals surface area contributed by atoms with Gasteiger partial charge in [0.1, 0.15) is 27.8 Å². The Morgan fingerprint density at radius 1 is 1.12 bits per heavy atom. The first-order valence-corrected chi connectivity index (χ1v) is 11.0. The highest BCUT2D eigenvalue weighted by atomic mass is 35.5. The molecule has 0 spiro atoms. The number of thioether (sulfide) groups is 1. The summed E-state index contributed by atoms with van der Waals surface area (Å²) >= 11 is 7.49. The summed E-state index contributed by atoms with van der Waals surface area (Å²) in [4.78, 5) is 18.0. The van der Waals surface area contributed by atoms with E-state index >= 15 is 0 Å². The predicted molar refractivity (Wildman–Crippen MR) is 127 cm³/mol. The van der Waals surface area contributed by atoms with Gasteiger partial charge in [0.15, 0.2) is 0 Å². The van der Waals surface area contributed by atoms with Crippen molar-refractivity contribution in [2.24, 2.45) is 0 Å². The van der Waals surface area contributed by atoms with Crippen LogP contribution < -0.4 is 14.8 Å². The van der Waals surface area contributed by atoms with Gasteiger partial charge in [-0.25, -0.2) is 4.98 Å². The van der Waals surface area contributed by atoms with Gasteiger partial charge in [0, 0.05) is 11.8 Å². The van der Waals surface area contributed by atoms with Crippen LogP contribution in [-0.2, 0) is 4.79 Å². The minimum absolute atomic E-state index is 0.300. The van der Waals surface area contributed by atoms with E-state index in [9.17, 15) is 10.1 Å². The second-order valence-corrected chi connectivity index (χ2v) is 8.46. The minimum atomic E-state index is -0.664. The van der Waals surface area contributed by atoms with Gasteiger partial charge >= 0.3 is 0 Å². The topological polar surface area (TPSA) is 84.2 Å². The molecule has 0 bridgehead atoms. The Morgan fingerprint density at radius 2 is 1.81 bits per heavy atom. The average Bonchev–Trinajstić information content (AvgIpc) is 2.78. The molecule has 3 aromatic rings. The fourth-order valence-electron chi connectivity index (χ4n) is 3.19. The number of rotatable bonds is 7. The van der Waals surface area contributed by atoms with E-state index in [1.807, 2.05) is 50.2 Å². The quantitative estimate of drug-likeness (QED) is 0.448. The number of methoxy groups -OCH3 is 2. The zero-order chi connectivity index (χ0) is 23.3. The lowest BCUT2D eigenvalue weighted by molar-refractivity contribution is -0.115. The van der Waals surface area contributed by atoms with Crippen molar-refractivity contribution in [3.63, 3.8) is 0 Å². The number of carbonyl (C=O) groups excluding carboxylic acids is 1. The van der Waals surface area contributed by atoms with Crippen molar-refractivity contribution in [1.29, 1.82) is 5.26 Å². The van der Waals surface area contributed by atoms with Crippen molar-refractivity contribution in [3.05, 3.63) is 75.9 Å². The summed E-state index contributed by atoms with van der Waals surface area (Å²) < 4.78 is 10.6. The Labute approximate surface area is 196 Å². The summed E-state index contributed by atoms with van der Waals surface area (Å²) in [5.74, 6) is 0.554. The minimum Gasteiger partial charge on any atom is -0.495 e. The van der Waals surface area contributed by atoms with Crippen molar-refractivity contribution in [1.82, 2.24) is 4.98 Å². The third-order valence-corrected chi connectivity index (χ3v) is 6.26. The van der Waals surface area contributed by atoms with Gasteiger partial charge in [-0.3, -0.25) is 4.79 Å². The third kappa shape index (κ3) is 5.16. The van der Waals surface area contributed by atoms with Crippen LogP contribution in [0.2, 0.25) is 5.02 Å². The lowest BCUT2D eigenvalue weighted by Gasteiger charge is -2.19. The van der Waals surface area contributed by atoms with Crippen LogP contribution in [0.4, 0.5) is 5.69 Å². The number of carbonyl (C=O) groups is 1. The molecule has 32 heavy (non-hydrogen) atoms. The first-order valence-electron chi connectivity index (χ1n) is 9.70. The molecule has 0 fully saturated rings. The molecule has 8 heteroatoms. The monoisotopic (exact) mass is 467 g/mol. The smallest absolute Gasteiger partial charge is 0.242 e. The predicted octanol–water partition coefficient (Wildman–Crippen LogP) is 5.71. The number of hydrogen-bond donors (Lipinski definition) is 1. The van der Waals surface area contributed by atoms with Crippen molar-refractivity contribution in [2.45, 2.75) is 24.1 Å². The summed E-state index contributed by atoms with van der Waals surface area (Å²) in [6.45, 7) is 3.72. The molecule has 3 rings (SSSR count). The van der Waals surface area contributed by atoms with Crippen LogP contribution in [-0.4, -0.2) is 25.1 Å². The molecule has 0 aliphatic carbocycles. The number of benzene rings is 2. The summed E-state index contributed by atoms with van der Waals surface area (Å²) in [7, 11) is 3.00. The number of pyridine rings is 1. The first-order chi connectivity index (χ1) is 15.4. The van der Waals surface area contributed by atoms with E-state index in [0.717, 1.165) is 16.8 Å². The molecule has 1 aromatic heterocycles. The van der Waals surface area contributed by atoms with E-state index in [1.54, 1.807) is 12.1 Å². The van der Waals surface area contributed by atoms with Gasteiger partial charge in [-0.2, -0.15) is 5.26 Å². The Balaban J connectivity index is 2.01. The highest BCUT2D eigenvalue weighted by Gasteiger charge is 2.26. The first kappa shape index (κ1) is 23.5. The second-order valence-electron chi connectivity index (χ2n) is 6.96. The Bertz CT molecular complexity index is 1180. The molecule has 1 atom stereocenters. The van der Waals surface area contributed by atoms with Gasteiger partial charge in [0.05, 0.1) is 30.5 Å². The molecule has 0 unspecified atom stereocenters. The number of nitriles is 1. The number of ether oxygens (including phenoxy) is 2. The molecule has 1 amide bonds. The van der Waals surface area contributed by atoms with E-state index in [0.29, 0.717) is 32.8 Å². The van der Waals surface area contributed by atoms with Crippen LogP contribution in [0.3, 0.4) is 0 Å². The molecule has 0 aliphatic rings. The van der Waals surface area contributed by atoms with E-state index in [-0.39, 0.29) is 5.91 Å². The lowest BCUT2D eigenvalue weighted by Crippen LogP contribution is -2.20. The van der Waals surface area contributed by atoms with Gasteiger partial charge in [-0.05, 0) is 37.1 Å². The lowest BCUT2D eigenvalue weighted by atomic mass is 10.1. The SMILES string of the molecule is COc1cc(OC)c(NC(=O)[C@@H](Sc2nc(C)cc(C)c2C#N)c2ccccc2)cc1Cl. The van der Waals surface area contributed by atoms with Gasteiger partial charge < -0.3 is 14.8 Å². The maximum Gasteiger partial charge on any atom is 0.242 e. The Hall–Kier alpha value is -3.21. The van der Waals surface area contributed by atoms with Crippen LogP contribution in [0.5, 0.6) is 11.5 Å². The van der Waals surface area contributed by atoms with Crippen LogP contribution in [0.1, 0.15) is 27.6 Å². The Morgan fingerprint density at radius 3 is 2.44 bits per heavy atom. The molecule has 6 nitrogen and oxygen atoms in total. The van der Waals surface area contributed by atoms with Gasteiger partial charge in [0.25, 0.3) is 0 Å². The Kier molecular flexibility index (Phi) is 7.62. The van der Waals surface area contributed by atoms with Crippen molar-refractivity contribution < 1.29 is 14.3 Å². The molecule has 0 aliphatic heterocycles. The standard InChI is InChI=1S/C24H22ClN3O3S/c1-14-10-15(2)27-24(17(14)13-26)32-22(16-8-6-5-7-9-16)23(29)28-19-11-18(25)20(30-3)12-21(19)31-4/h5-12,22H,1-4H3,(H,28,29)/t22-/m0/s1. The van der Waals surface area contributed by atoms with Gasteiger partial charge in [0.2, 0.25) is 5.91 Å². The fraction of sp³-hybridized carbons (Fsp3) is 0.208. The maximum atomic E-state index is 13.4. The summed E-state index contributed by atoms with van der Waals surface area (Å²) in [6, 6.07) is 16.6. The highest BCUT2D eigenvalue weighted by Crippen LogP contribution is 2.40. The third-order valence-electron chi connectivity index (χ3n) is 4.73. The number of nitrogens with one attached hydrogen (secondary N) is 1. The molecule has 1 heterocycles. The largest absolute Gasteiger partial charge is 0.495 e. The molecule has 0 radical (unpaired) electrons. The second kappa shape index (κ2) is 10.4. The fourth-order valence-corrected chi connectivity index (χ4v) is 4.64. The van der Waals surface area contributed by atoms with E-state index in [1.165, 1.54) is 26.0 Å². The molecule has 0 saturated carbocycles. The summed E-state index contributed by atoms with van der Waals surface area (Å²) in [5, 5.41) is 12.7. The van der Waals surface area contributed by atoms with Crippen LogP contribution >= 0.6 is 23.4 Å². The summed E-state index contributed by atoms with van der Waals surface area (Å²) in [5.41, 5.74) is 3.25. The van der Waals surface area contributed by atoms with E-state index in [4.69, 9.17) is 21.1 Å². The number of hydrogen-bond acceptors (Lipinski definition) is 6. The number of nitrogens with zero attached hydrogens (tertiary/aromatic N) is 2. The van der Waals surface area contributed by atoms with Gasteiger partial charge in [-0.1, -0.05) is 53.7 Å². The van der Waals surface area contributed by atoms with Crippen molar-refractivity contribution >= 4 is 35.0 Å². The van der Waals surface area contributed by atoms with Crippen LogP contribution in [0.25, 0.3) is 0 Å². The number of halogens is 1. The van der Waals surface area contributed by atoms with E-state index in [2.05, 4.69) is 16.4 Å². The molecule has 2 aromatic carbocycles. The zero-order valence-corrected chi connectivity index (χ0v) is 19.7. The van der Waals surface area contributed by atoms with Gasteiger partial charge in [-0.15, -0.1) is 0 Å². The molecule has 0 saturated heterocycles. The number of anilines is 1. The number of aryl methyl sites for hydroxylation is 2. The summed E-state index contributed by atoms with van der Waals surface area (Å²) in [6.07, 6.45) is 0. The van der Waals surface area contributed by atoms with Crippen LogP contribution in [0.15, 0.2) is 53.6 Å². The average molecular weight is 468 g/mol. The van der Waals surface area contributed by atoms with Crippen LogP contribution in [0, 0.1) is 25.2 Å². The number of amides is 1. The molecule has 164 valence electrons. The highest BCUT2D eigenvalue weighted by molar-refractivity contribution is 8.00.